The molecule has 1 amide bonds. The van der Waals surface area contributed by atoms with Gasteiger partial charge in [0.15, 0.2) is 0 Å². The summed E-state index contributed by atoms with van der Waals surface area (Å²) in [6.07, 6.45) is -5.80. The molecule has 14 heavy (non-hydrogen) atoms. The zero-order valence-electron chi connectivity index (χ0n) is 8.61. The van der Waals surface area contributed by atoms with E-state index in [0.29, 0.717) is 12.5 Å². The molecule has 0 fully saturated rings. The summed E-state index contributed by atoms with van der Waals surface area (Å²) in [5.41, 5.74) is 0. The molecule has 2 nitrogen and oxygen atoms in total. The van der Waals surface area contributed by atoms with Crippen molar-refractivity contribution in [3.05, 3.63) is 0 Å². The Labute approximate surface area is 81.9 Å². The van der Waals surface area contributed by atoms with E-state index >= 15 is 0 Å². The van der Waals surface area contributed by atoms with Gasteiger partial charge in [0, 0.05) is 6.54 Å². The third-order valence-corrected chi connectivity index (χ3v) is 2.12. The van der Waals surface area contributed by atoms with Crippen LogP contribution in [0.5, 0.6) is 0 Å². The van der Waals surface area contributed by atoms with Crippen molar-refractivity contribution in [2.45, 2.75) is 33.4 Å². The van der Waals surface area contributed by atoms with Crippen molar-refractivity contribution >= 4 is 5.91 Å². The Morgan fingerprint density at radius 3 is 2.14 bits per heavy atom. The number of carbonyl (C=O) groups excluding carboxylic acids is 1. The lowest BCUT2D eigenvalue weighted by molar-refractivity contribution is -0.153. The number of amides is 1. The van der Waals surface area contributed by atoms with Crippen molar-refractivity contribution in [2.24, 2.45) is 11.8 Å². The third kappa shape index (κ3) is 6.74. The van der Waals surface area contributed by atoms with Crippen molar-refractivity contribution in [2.75, 3.05) is 6.54 Å². The molecule has 5 heteroatoms. The Balaban J connectivity index is 3.75. The molecule has 0 bridgehead atoms. The second-order valence-corrected chi connectivity index (χ2v) is 3.82. The van der Waals surface area contributed by atoms with Gasteiger partial charge in [0.05, 0.1) is 0 Å². The summed E-state index contributed by atoms with van der Waals surface area (Å²) in [6.45, 7) is 6.10. The molecule has 84 valence electrons. The lowest BCUT2D eigenvalue weighted by atomic mass is 9.98. The van der Waals surface area contributed by atoms with Crippen LogP contribution < -0.4 is 5.32 Å². The van der Waals surface area contributed by atoms with E-state index in [-0.39, 0.29) is 5.92 Å². The topological polar surface area (TPSA) is 29.1 Å². The lowest BCUT2D eigenvalue weighted by Crippen LogP contribution is -2.33. The highest BCUT2D eigenvalue weighted by molar-refractivity contribution is 5.76. The molecule has 0 aliphatic carbocycles. The van der Waals surface area contributed by atoms with Gasteiger partial charge >= 0.3 is 6.18 Å². The SMILES string of the molecule is CC(C)C(C)CNC(=O)CC(F)(F)F. The Morgan fingerprint density at radius 2 is 1.79 bits per heavy atom. The average molecular weight is 211 g/mol. The second kappa shape index (κ2) is 5.22. The van der Waals surface area contributed by atoms with E-state index in [1.54, 1.807) is 0 Å². The molecule has 0 heterocycles. The summed E-state index contributed by atoms with van der Waals surface area (Å²) in [7, 11) is 0. The second-order valence-electron chi connectivity index (χ2n) is 3.82. The molecule has 0 radical (unpaired) electrons. The molecular formula is C9H16F3NO. The number of carbonyl (C=O) groups is 1. The summed E-state index contributed by atoms with van der Waals surface area (Å²) >= 11 is 0. The number of nitrogens with one attached hydrogen (secondary N) is 1. The van der Waals surface area contributed by atoms with Crippen molar-refractivity contribution in [3.8, 4) is 0 Å². The van der Waals surface area contributed by atoms with Crippen LogP contribution in [0.3, 0.4) is 0 Å². The molecule has 0 saturated heterocycles. The van der Waals surface area contributed by atoms with Gasteiger partial charge in [0.1, 0.15) is 6.42 Å². The Kier molecular flexibility index (Phi) is 4.94. The molecule has 0 aromatic rings. The summed E-state index contributed by atoms with van der Waals surface area (Å²) < 4.78 is 35.2. The number of hydrogen-bond acceptors (Lipinski definition) is 1. The first-order valence-electron chi connectivity index (χ1n) is 4.56. The Bertz CT molecular complexity index is 189. The average Bonchev–Trinajstić information content (AvgIpc) is 1.96. The minimum absolute atomic E-state index is 0.187. The molecule has 0 aliphatic rings. The number of halogens is 3. The van der Waals surface area contributed by atoms with Crippen molar-refractivity contribution in [1.82, 2.24) is 5.32 Å². The van der Waals surface area contributed by atoms with Crippen LogP contribution >= 0.6 is 0 Å². The van der Waals surface area contributed by atoms with E-state index in [1.165, 1.54) is 0 Å². The smallest absolute Gasteiger partial charge is 0.356 e. The van der Waals surface area contributed by atoms with Gasteiger partial charge in [0.25, 0.3) is 0 Å². The van der Waals surface area contributed by atoms with Crippen LogP contribution in [0.2, 0.25) is 0 Å². The maximum atomic E-state index is 11.7. The van der Waals surface area contributed by atoms with Gasteiger partial charge in [-0.15, -0.1) is 0 Å². The fourth-order valence-electron chi connectivity index (χ4n) is 0.755. The van der Waals surface area contributed by atoms with Gasteiger partial charge in [-0.2, -0.15) is 13.2 Å². The number of rotatable bonds is 4. The molecule has 0 saturated carbocycles. The third-order valence-electron chi connectivity index (χ3n) is 2.12. The van der Waals surface area contributed by atoms with Crippen LogP contribution in [-0.2, 0) is 4.79 Å². The summed E-state index contributed by atoms with van der Waals surface area (Å²) in [5, 5.41) is 2.26. The van der Waals surface area contributed by atoms with E-state index < -0.39 is 18.5 Å². The van der Waals surface area contributed by atoms with Crippen LogP contribution in [0, 0.1) is 11.8 Å². The maximum Gasteiger partial charge on any atom is 0.397 e. The minimum Gasteiger partial charge on any atom is -0.356 e. The predicted molar refractivity (Wildman–Crippen MR) is 47.7 cm³/mol. The molecule has 0 aliphatic heterocycles. The molecule has 0 rings (SSSR count). The highest BCUT2D eigenvalue weighted by Crippen LogP contribution is 2.19. The minimum atomic E-state index is -4.41. The molecule has 0 aromatic carbocycles. The highest BCUT2D eigenvalue weighted by atomic mass is 19.4. The van der Waals surface area contributed by atoms with E-state index in [1.807, 2.05) is 20.8 Å². The van der Waals surface area contributed by atoms with Crippen molar-refractivity contribution < 1.29 is 18.0 Å². The van der Waals surface area contributed by atoms with E-state index in [4.69, 9.17) is 0 Å². The monoisotopic (exact) mass is 211 g/mol. The first-order valence-corrected chi connectivity index (χ1v) is 4.56. The molecule has 0 spiro atoms. The van der Waals surface area contributed by atoms with Crippen molar-refractivity contribution in [1.29, 1.82) is 0 Å². The van der Waals surface area contributed by atoms with Crippen LogP contribution in [0.15, 0.2) is 0 Å². The Morgan fingerprint density at radius 1 is 1.29 bits per heavy atom. The van der Waals surface area contributed by atoms with Gasteiger partial charge < -0.3 is 5.32 Å². The van der Waals surface area contributed by atoms with Gasteiger partial charge in [-0.25, -0.2) is 0 Å². The number of hydrogen-bond donors (Lipinski definition) is 1. The highest BCUT2D eigenvalue weighted by Gasteiger charge is 2.31. The molecule has 1 unspecified atom stereocenters. The van der Waals surface area contributed by atoms with Gasteiger partial charge in [0.2, 0.25) is 5.91 Å². The van der Waals surface area contributed by atoms with Crippen LogP contribution in [0.25, 0.3) is 0 Å². The fraction of sp³-hybridized carbons (Fsp3) is 0.889. The first-order chi connectivity index (χ1) is 6.22. The van der Waals surface area contributed by atoms with Gasteiger partial charge in [-0.1, -0.05) is 20.8 Å². The lowest BCUT2D eigenvalue weighted by Gasteiger charge is -2.16. The zero-order chi connectivity index (χ0) is 11.4. The molecular weight excluding hydrogens is 195 g/mol. The predicted octanol–water partition coefficient (Wildman–Crippen LogP) is 2.35. The van der Waals surface area contributed by atoms with E-state index in [2.05, 4.69) is 5.32 Å². The van der Waals surface area contributed by atoms with E-state index in [9.17, 15) is 18.0 Å². The normalized spacial score (nSPS) is 14.2. The first kappa shape index (κ1) is 13.3. The number of alkyl halides is 3. The standard InChI is InChI=1S/C9H16F3NO/c1-6(2)7(3)5-13-8(14)4-9(10,11)12/h6-7H,4-5H2,1-3H3,(H,13,14). The van der Waals surface area contributed by atoms with Gasteiger partial charge in [-0.05, 0) is 11.8 Å². The van der Waals surface area contributed by atoms with E-state index in [0.717, 1.165) is 0 Å². The summed E-state index contributed by atoms with van der Waals surface area (Å²) in [4.78, 5) is 10.8. The molecule has 1 atom stereocenters. The zero-order valence-corrected chi connectivity index (χ0v) is 8.61. The Hall–Kier alpha value is -0.740. The summed E-state index contributed by atoms with van der Waals surface area (Å²) in [5.74, 6) is -0.418. The van der Waals surface area contributed by atoms with Crippen LogP contribution in [0.1, 0.15) is 27.2 Å². The van der Waals surface area contributed by atoms with Gasteiger partial charge in [-0.3, -0.25) is 4.79 Å². The summed E-state index contributed by atoms with van der Waals surface area (Å²) in [6, 6.07) is 0. The maximum absolute atomic E-state index is 11.7. The fourth-order valence-corrected chi connectivity index (χ4v) is 0.755. The van der Waals surface area contributed by atoms with Crippen molar-refractivity contribution in [3.63, 3.8) is 0 Å². The van der Waals surface area contributed by atoms with Crippen LogP contribution in [0.4, 0.5) is 13.2 Å². The molecule has 0 aromatic heterocycles. The quantitative estimate of drug-likeness (QED) is 0.759. The molecule has 1 N–H and O–H groups in total. The largest absolute Gasteiger partial charge is 0.397 e. The van der Waals surface area contributed by atoms with Crippen LogP contribution in [-0.4, -0.2) is 18.6 Å².